The first kappa shape index (κ1) is 13.5. The summed E-state index contributed by atoms with van der Waals surface area (Å²) < 4.78 is 0. The minimum Gasteiger partial charge on any atom is -0.366 e. The summed E-state index contributed by atoms with van der Waals surface area (Å²) in [5.74, 6) is 0.0214. The third-order valence-corrected chi connectivity index (χ3v) is 3.51. The minimum atomic E-state index is -0.371. The van der Waals surface area contributed by atoms with Gasteiger partial charge in [-0.25, -0.2) is 0 Å². The van der Waals surface area contributed by atoms with Gasteiger partial charge in [0, 0.05) is 31.1 Å². The van der Waals surface area contributed by atoms with Gasteiger partial charge in [0.05, 0.1) is 4.92 Å². The van der Waals surface area contributed by atoms with Gasteiger partial charge in [-0.1, -0.05) is 6.92 Å². The van der Waals surface area contributed by atoms with E-state index in [4.69, 9.17) is 0 Å². The van der Waals surface area contributed by atoms with Crippen molar-refractivity contribution in [3.63, 3.8) is 0 Å². The number of rotatable bonds is 4. The smallest absolute Gasteiger partial charge is 0.292 e. The van der Waals surface area contributed by atoms with E-state index in [2.05, 4.69) is 0 Å². The van der Waals surface area contributed by atoms with E-state index in [1.165, 1.54) is 6.07 Å². The van der Waals surface area contributed by atoms with Gasteiger partial charge < -0.3 is 4.90 Å². The monoisotopic (exact) mass is 262 g/mol. The Hall–Kier alpha value is -1.91. The van der Waals surface area contributed by atoms with E-state index in [9.17, 15) is 14.9 Å². The molecule has 0 atom stereocenters. The van der Waals surface area contributed by atoms with Gasteiger partial charge in [-0.2, -0.15) is 0 Å². The fourth-order valence-corrected chi connectivity index (χ4v) is 2.44. The lowest BCUT2D eigenvalue weighted by atomic mass is 10.0. The highest BCUT2D eigenvalue weighted by Crippen LogP contribution is 2.31. The van der Waals surface area contributed by atoms with Crippen molar-refractivity contribution in [2.24, 2.45) is 0 Å². The molecule has 2 rings (SSSR count). The zero-order valence-corrected chi connectivity index (χ0v) is 11.1. The molecule has 1 aromatic rings. The lowest BCUT2D eigenvalue weighted by molar-refractivity contribution is -0.384. The Morgan fingerprint density at radius 2 is 2.00 bits per heavy atom. The average Bonchev–Trinajstić information content (AvgIpc) is 2.46. The highest BCUT2D eigenvalue weighted by atomic mass is 16.6. The van der Waals surface area contributed by atoms with Crippen LogP contribution in [0, 0.1) is 10.1 Å². The SMILES string of the molecule is CCC(=O)c1ccc([N+](=O)[O-])c(N2CCCCC2)c1. The van der Waals surface area contributed by atoms with Gasteiger partial charge in [0.25, 0.3) is 5.69 Å². The predicted octanol–water partition coefficient (Wildman–Crippen LogP) is 3.18. The minimum absolute atomic E-state index is 0.0214. The Morgan fingerprint density at radius 3 is 2.58 bits per heavy atom. The van der Waals surface area contributed by atoms with Crippen LogP contribution < -0.4 is 4.90 Å². The zero-order valence-electron chi connectivity index (χ0n) is 11.1. The molecule has 0 saturated carbocycles. The molecule has 102 valence electrons. The third kappa shape index (κ3) is 2.92. The second kappa shape index (κ2) is 5.82. The van der Waals surface area contributed by atoms with Crippen molar-refractivity contribution in [1.29, 1.82) is 0 Å². The molecule has 0 amide bonds. The number of benzene rings is 1. The molecular weight excluding hydrogens is 244 g/mol. The van der Waals surface area contributed by atoms with Gasteiger partial charge >= 0.3 is 0 Å². The van der Waals surface area contributed by atoms with Crippen molar-refractivity contribution in [3.8, 4) is 0 Å². The second-order valence-corrected chi connectivity index (χ2v) is 4.79. The van der Waals surface area contributed by atoms with Crippen LogP contribution in [0.4, 0.5) is 11.4 Å². The first-order valence-electron chi connectivity index (χ1n) is 6.70. The van der Waals surface area contributed by atoms with Gasteiger partial charge in [-0.15, -0.1) is 0 Å². The third-order valence-electron chi connectivity index (χ3n) is 3.51. The number of nitrogens with zero attached hydrogens (tertiary/aromatic N) is 2. The molecule has 0 unspecified atom stereocenters. The molecule has 1 saturated heterocycles. The fourth-order valence-electron chi connectivity index (χ4n) is 2.44. The van der Waals surface area contributed by atoms with Crippen LogP contribution in [0.5, 0.6) is 0 Å². The maximum atomic E-state index is 11.7. The largest absolute Gasteiger partial charge is 0.366 e. The predicted molar refractivity (Wildman–Crippen MR) is 73.8 cm³/mol. The van der Waals surface area contributed by atoms with E-state index < -0.39 is 0 Å². The number of anilines is 1. The van der Waals surface area contributed by atoms with E-state index in [0.29, 0.717) is 17.7 Å². The highest BCUT2D eigenvalue weighted by molar-refractivity contribution is 5.97. The average molecular weight is 262 g/mol. The Bertz CT molecular complexity index is 493. The van der Waals surface area contributed by atoms with E-state index in [1.807, 2.05) is 4.90 Å². The molecule has 0 N–H and O–H groups in total. The van der Waals surface area contributed by atoms with Crippen LogP contribution >= 0.6 is 0 Å². The molecule has 0 aromatic heterocycles. The van der Waals surface area contributed by atoms with Gasteiger partial charge in [0.1, 0.15) is 5.69 Å². The quantitative estimate of drug-likeness (QED) is 0.475. The van der Waals surface area contributed by atoms with Crippen molar-refractivity contribution in [1.82, 2.24) is 0 Å². The molecule has 5 nitrogen and oxygen atoms in total. The number of nitro groups is 1. The molecule has 1 aromatic carbocycles. The Labute approximate surface area is 112 Å². The van der Waals surface area contributed by atoms with Gasteiger partial charge in [-0.3, -0.25) is 14.9 Å². The van der Waals surface area contributed by atoms with E-state index in [0.717, 1.165) is 32.4 Å². The van der Waals surface area contributed by atoms with Crippen molar-refractivity contribution in [2.45, 2.75) is 32.6 Å². The Morgan fingerprint density at radius 1 is 1.32 bits per heavy atom. The number of hydrogen-bond acceptors (Lipinski definition) is 4. The molecule has 5 heteroatoms. The maximum Gasteiger partial charge on any atom is 0.292 e. The van der Waals surface area contributed by atoms with Crippen LogP contribution in [0.2, 0.25) is 0 Å². The Kier molecular flexibility index (Phi) is 4.14. The van der Waals surface area contributed by atoms with Crippen molar-refractivity contribution in [3.05, 3.63) is 33.9 Å². The first-order valence-corrected chi connectivity index (χ1v) is 6.70. The fraction of sp³-hybridized carbons (Fsp3) is 0.500. The van der Waals surface area contributed by atoms with Gasteiger partial charge in [0.2, 0.25) is 0 Å². The van der Waals surface area contributed by atoms with E-state index in [1.54, 1.807) is 19.1 Å². The number of ketones is 1. The van der Waals surface area contributed by atoms with Gasteiger partial charge in [-0.05, 0) is 31.4 Å². The summed E-state index contributed by atoms with van der Waals surface area (Å²) in [6.45, 7) is 3.44. The van der Waals surface area contributed by atoms with Gasteiger partial charge in [0.15, 0.2) is 5.78 Å². The van der Waals surface area contributed by atoms with Crippen LogP contribution in [-0.2, 0) is 0 Å². The number of Topliss-reactive ketones (excluding diaryl/α,β-unsaturated/α-hetero) is 1. The topological polar surface area (TPSA) is 63.4 Å². The van der Waals surface area contributed by atoms with Crippen LogP contribution in [0.1, 0.15) is 43.0 Å². The molecule has 0 radical (unpaired) electrons. The summed E-state index contributed by atoms with van der Waals surface area (Å²) in [4.78, 5) is 24.5. The molecule has 19 heavy (non-hydrogen) atoms. The van der Waals surface area contributed by atoms with Crippen LogP contribution in [0.3, 0.4) is 0 Å². The lowest BCUT2D eigenvalue weighted by Gasteiger charge is -2.28. The normalized spacial score (nSPS) is 15.3. The number of carbonyl (C=O) groups excluding carboxylic acids is 1. The molecule has 1 aliphatic rings. The number of nitro benzene ring substituents is 1. The molecule has 1 fully saturated rings. The standard InChI is InChI=1S/C14H18N2O3/c1-2-14(17)11-6-7-12(16(18)19)13(10-11)15-8-4-3-5-9-15/h6-7,10H,2-5,8-9H2,1H3. The molecule has 1 aliphatic heterocycles. The van der Waals surface area contributed by atoms with Crippen molar-refractivity contribution < 1.29 is 9.72 Å². The van der Waals surface area contributed by atoms with E-state index in [-0.39, 0.29) is 16.4 Å². The van der Waals surface area contributed by atoms with Crippen molar-refractivity contribution >= 4 is 17.2 Å². The molecule has 0 aliphatic carbocycles. The number of hydrogen-bond donors (Lipinski definition) is 0. The first-order chi connectivity index (χ1) is 9.13. The van der Waals surface area contributed by atoms with Crippen LogP contribution in [0.25, 0.3) is 0 Å². The molecular formula is C14H18N2O3. The summed E-state index contributed by atoms with van der Waals surface area (Å²) >= 11 is 0. The lowest BCUT2D eigenvalue weighted by Crippen LogP contribution is -2.30. The maximum absolute atomic E-state index is 11.7. The van der Waals surface area contributed by atoms with Crippen molar-refractivity contribution in [2.75, 3.05) is 18.0 Å². The number of carbonyl (C=O) groups is 1. The summed E-state index contributed by atoms with van der Waals surface area (Å²) in [5, 5.41) is 11.1. The summed E-state index contributed by atoms with van der Waals surface area (Å²) in [6.07, 6.45) is 3.67. The molecule has 1 heterocycles. The van der Waals surface area contributed by atoms with E-state index >= 15 is 0 Å². The highest BCUT2D eigenvalue weighted by Gasteiger charge is 2.22. The number of piperidine rings is 1. The van der Waals surface area contributed by atoms with Crippen LogP contribution in [-0.4, -0.2) is 23.8 Å². The summed E-state index contributed by atoms with van der Waals surface area (Å²) in [6, 6.07) is 4.68. The van der Waals surface area contributed by atoms with Crippen LogP contribution in [0.15, 0.2) is 18.2 Å². The molecule has 0 bridgehead atoms. The Balaban J connectivity index is 2.40. The zero-order chi connectivity index (χ0) is 13.8. The summed E-state index contributed by atoms with van der Waals surface area (Å²) in [7, 11) is 0. The summed E-state index contributed by atoms with van der Waals surface area (Å²) in [5.41, 5.74) is 1.24. The molecule has 0 spiro atoms. The second-order valence-electron chi connectivity index (χ2n) is 4.79.